The van der Waals surface area contributed by atoms with Gasteiger partial charge in [0.1, 0.15) is 0 Å². The van der Waals surface area contributed by atoms with Crippen LogP contribution in [0.3, 0.4) is 0 Å². The summed E-state index contributed by atoms with van der Waals surface area (Å²) < 4.78 is 17.0. The predicted molar refractivity (Wildman–Crippen MR) is 79.1 cm³/mol. The standard InChI is InChI=1S/C14H27NO3Si/c1-5-6-7-8-11-14(13-10-9-12-15-13)19(16-2,17-3)18-4/h9-10,12,14-15H,5-8,11H2,1-4H3. The van der Waals surface area contributed by atoms with Crippen LogP contribution in [0.25, 0.3) is 0 Å². The van der Waals surface area contributed by atoms with Crippen molar-refractivity contribution in [3.05, 3.63) is 24.0 Å². The van der Waals surface area contributed by atoms with Gasteiger partial charge in [-0.25, -0.2) is 0 Å². The molecule has 110 valence electrons. The Morgan fingerprint density at radius 1 is 1.11 bits per heavy atom. The highest BCUT2D eigenvalue weighted by atomic mass is 28.4. The average Bonchev–Trinajstić information content (AvgIpc) is 2.97. The van der Waals surface area contributed by atoms with E-state index in [0.717, 1.165) is 12.1 Å². The first-order valence-electron chi connectivity index (χ1n) is 7.02. The maximum absolute atomic E-state index is 5.65. The number of hydrogen-bond donors (Lipinski definition) is 1. The molecule has 1 rings (SSSR count). The molecule has 0 saturated heterocycles. The Morgan fingerprint density at radius 2 is 1.79 bits per heavy atom. The second kappa shape index (κ2) is 8.53. The van der Waals surface area contributed by atoms with Gasteiger partial charge >= 0.3 is 8.80 Å². The van der Waals surface area contributed by atoms with Crippen molar-refractivity contribution >= 4 is 8.80 Å². The lowest BCUT2D eigenvalue weighted by molar-refractivity contribution is 0.110. The molecule has 0 saturated carbocycles. The van der Waals surface area contributed by atoms with Crippen molar-refractivity contribution in [2.75, 3.05) is 21.3 Å². The van der Waals surface area contributed by atoms with Crippen molar-refractivity contribution in [2.24, 2.45) is 0 Å². The van der Waals surface area contributed by atoms with Gasteiger partial charge in [0.25, 0.3) is 0 Å². The largest absolute Gasteiger partial charge is 0.509 e. The Labute approximate surface area is 117 Å². The molecule has 1 aromatic rings. The van der Waals surface area contributed by atoms with Crippen LogP contribution in [0.15, 0.2) is 18.3 Å². The van der Waals surface area contributed by atoms with Crippen molar-refractivity contribution in [3.63, 3.8) is 0 Å². The van der Waals surface area contributed by atoms with E-state index in [0.29, 0.717) is 0 Å². The molecule has 0 aliphatic rings. The van der Waals surface area contributed by atoms with Crippen molar-refractivity contribution < 1.29 is 13.3 Å². The highest BCUT2D eigenvalue weighted by Crippen LogP contribution is 2.32. The Hall–Kier alpha value is -0.623. The van der Waals surface area contributed by atoms with Crippen LogP contribution in [-0.4, -0.2) is 35.1 Å². The number of aromatic nitrogens is 1. The van der Waals surface area contributed by atoms with Gasteiger partial charge in [-0.2, -0.15) is 0 Å². The fourth-order valence-electron chi connectivity index (χ4n) is 2.54. The zero-order chi connectivity index (χ0) is 14.1. The normalized spacial score (nSPS) is 13.7. The molecule has 0 aromatic carbocycles. The molecule has 0 radical (unpaired) electrons. The van der Waals surface area contributed by atoms with E-state index < -0.39 is 8.80 Å². The fraction of sp³-hybridized carbons (Fsp3) is 0.714. The molecule has 0 spiro atoms. The van der Waals surface area contributed by atoms with Crippen molar-refractivity contribution in [1.29, 1.82) is 0 Å². The van der Waals surface area contributed by atoms with E-state index in [-0.39, 0.29) is 5.54 Å². The number of hydrogen-bond acceptors (Lipinski definition) is 3. The van der Waals surface area contributed by atoms with Gasteiger partial charge in [-0.3, -0.25) is 0 Å². The highest BCUT2D eigenvalue weighted by Gasteiger charge is 2.48. The second-order valence-corrected chi connectivity index (χ2v) is 7.87. The van der Waals surface area contributed by atoms with Crippen LogP contribution in [0.2, 0.25) is 0 Å². The molecular weight excluding hydrogens is 258 g/mol. The smallest absolute Gasteiger partial charge is 0.376 e. The minimum absolute atomic E-state index is 0.180. The fourth-order valence-corrected chi connectivity index (χ4v) is 5.01. The zero-order valence-electron chi connectivity index (χ0n) is 12.6. The molecule has 1 N–H and O–H groups in total. The summed E-state index contributed by atoms with van der Waals surface area (Å²) in [7, 11) is 2.40. The van der Waals surface area contributed by atoms with Crippen molar-refractivity contribution in [1.82, 2.24) is 4.98 Å². The molecule has 0 bridgehead atoms. The molecule has 0 amide bonds. The number of H-pyrrole nitrogens is 1. The number of unbranched alkanes of at least 4 members (excludes halogenated alkanes) is 3. The Bertz CT molecular complexity index is 317. The zero-order valence-corrected chi connectivity index (χ0v) is 13.6. The van der Waals surface area contributed by atoms with Crippen LogP contribution in [0.4, 0.5) is 0 Å². The van der Waals surface area contributed by atoms with Crippen molar-refractivity contribution in [3.8, 4) is 0 Å². The summed E-state index contributed by atoms with van der Waals surface area (Å²) in [6.07, 6.45) is 7.90. The van der Waals surface area contributed by atoms with E-state index in [1.807, 2.05) is 12.3 Å². The van der Waals surface area contributed by atoms with Crippen LogP contribution in [0, 0.1) is 0 Å². The van der Waals surface area contributed by atoms with Crippen molar-refractivity contribution in [2.45, 2.75) is 44.6 Å². The van der Waals surface area contributed by atoms with Gasteiger partial charge < -0.3 is 18.3 Å². The first kappa shape index (κ1) is 16.4. The molecule has 1 atom stereocenters. The lowest BCUT2D eigenvalue weighted by Gasteiger charge is -2.32. The summed E-state index contributed by atoms with van der Waals surface area (Å²) in [6, 6.07) is 4.10. The predicted octanol–water partition coefficient (Wildman–Crippen LogP) is 3.49. The third kappa shape index (κ3) is 4.17. The quantitative estimate of drug-likeness (QED) is 0.528. The molecule has 0 fully saturated rings. The molecule has 19 heavy (non-hydrogen) atoms. The van der Waals surface area contributed by atoms with Gasteiger partial charge in [0, 0.05) is 33.2 Å². The summed E-state index contributed by atoms with van der Waals surface area (Å²) >= 11 is 0. The molecule has 0 aliphatic carbocycles. The average molecular weight is 285 g/mol. The second-order valence-electron chi connectivity index (χ2n) is 4.74. The number of aromatic amines is 1. The number of rotatable bonds is 10. The van der Waals surface area contributed by atoms with E-state index in [1.54, 1.807) is 21.3 Å². The molecule has 5 heteroatoms. The first-order valence-corrected chi connectivity index (χ1v) is 8.83. The summed E-state index contributed by atoms with van der Waals surface area (Å²) in [5, 5.41) is 0. The van der Waals surface area contributed by atoms with Gasteiger partial charge in [-0.1, -0.05) is 32.6 Å². The molecule has 0 aliphatic heterocycles. The van der Waals surface area contributed by atoms with Crippen LogP contribution in [0.5, 0.6) is 0 Å². The maximum atomic E-state index is 5.65. The summed E-state index contributed by atoms with van der Waals surface area (Å²) in [6.45, 7) is 2.22. The third-order valence-electron chi connectivity index (χ3n) is 3.62. The minimum atomic E-state index is -2.64. The monoisotopic (exact) mass is 285 g/mol. The minimum Gasteiger partial charge on any atom is -0.376 e. The lowest BCUT2D eigenvalue weighted by atomic mass is 10.1. The first-order chi connectivity index (χ1) is 9.24. The van der Waals surface area contributed by atoms with Crippen LogP contribution in [-0.2, 0) is 13.3 Å². The van der Waals surface area contributed by atoms with Gasteiger partial charge in [0.15, 0.2) is 0 Å². The topological polar surface area (TPSA) is 43.5 Å². The lowest BCUT2D eigenvalue weighted by Crippen LogP contribution is -2.49. The molecular formula is C14H27NO3Si. The van der Waals surface area contributed by atoms with Crippen LogP contribution < -0.4 is 0 Å². The van der Waals surface area contributed by atoms with Gasteiger partial charge in [0.05, 0.1) is 5.54 Å². The molecule has 1 heterocycles. The SMILES string of the molecule is CCCCCCC(c1ccc[nH]1)[Si](OC)(OC)OC. The van der Waals surface area contributed by atoms with Crippen LogP contribution >= 0.6 is 0 Å². The van der Waals surface area contributed by atoms with E-state index in [4.69, 9.17) is 13.3 Å². The summed E-state index contributed by atoms with van der Waals surface area (Å²) in [4.78, 5) is 3.28. The summed E-state index contributed by atoms with van der Waals surface area (Å²) in [5.41, 5.74) is 1.33. The molecule has 1 unspecified atom stereocenters. The Morgan fingerprint density at radius 3 is 2.26 bits per heavy atom. The Balaban J connectivity index is 2.79. The highest BCUT2D eigenvalue weighted by molar-refractivity contribution is 6.62. The van der Waals surface area contributed by atoms with E-state index in [9.17, 15) is 0 Å². The number of nitrogens with one attached hydrogen (secondary N) is 1. The van der Waals surface area contributed by atoms with E-state index in [1.165, 1.54) is 25.7 Å². The summed E-state index contributed by atoms with van der Waals surface area (Å²) in [5.74, 6) is 0. The van der Waals surface area contributed by atoms with E-state index >= 15 is 0 Å². The van der Waals surface area contributed by atoms with Gasteiger partial charge in [-0.15, -0.1) is 0 Å². The maximum Gasteiger partial charge on any atom is 0.509 e. The molecule has 1 aromatic heterocycles. The van der Waals surface area contributed by atoms with Crippen LogP contribution in [0.1, 0.15) is 50.3 Å². The van der Waals surface area contributed by atoms with Gasteiger partial charge in [0.2, 0.25) is 0 Å². The Kier molecular flexibility index (Phi) is 7.38. The van der Waals surface area contributed by atoms with Gasteiger partial charge in [-0.05, 0) is 18.6 Å². The van der Waals surface area contributed by atoms with E-state index in [2.05, 4.69) is 18.0 Å². The third-order valence-corrected chi connectivity index (χ3v) is 6.78. The molecule has 4 nitrogen and oxygen atoms in total.